The van der Waals surface area contributed by atoms with Crippen LogP contribution >= 0.6 is 0 Å². The molecule has 84 valence electrons. The van der Waals surface area contributed by atoms with Crippen molar-refractivity contribution in [2.24, 2.45) is 0 Å². The highest BCUT2D eigenvalue weighted by atomic mass is 19.2. The van der Waals surface area contributed by atoms with Crippen LogP contribution in [0.2, 0.25) is 0 Å². The molecule has 0 amide bonds. The lowest BCUT2D eigenvalue weighted by molar-refractivity contribution is 0.617. The molecule has 1 unspecified atom stereocenters. The standard InChI is InChI=1S/C13H20FN/c1-4-6-11-9-12(15-14)7-8-13(11)10(3)5-2/h7-10,15H,4-6H2,1-3H3. The van der Waals surface area contributed by atoms with Crippen LogP contribution in [0.25, 0.3) is 0 Å². The normalized spacial score (nSPS) is 12.5. The zero-order chi connectivity index (χ0) is 11.3. The topological polar surface area (TPSA) is 12.0 Å². The van der Waals surface area contributed by atoms with Gasteiger partial charge in [0.2, 0.25) is 0 Å². The van der Waals surface area contributed by atoms with Gasteiger partial charge in [-0.05, 0) is 42.0 Å². The zero-order valence-corrected chi connectivity index (χ0v) is 9.81. The van der Waals surface area contributed by atoms with Gasteiger partial charge in [-0.1, -0.05) is 33.3 Å². The first kappa shape index (κ1) is 12.0. The molecule has 0 aliphatic carbocycles. The molecule has 1 rings (SSSR count). The number of nitrogens with one attached hydrogen (secondary N) is 1. The Kier molecular flexibility index (Phi) is 4.60. The molecule has 1 aromatic carbocycles. The number of rotatable bonds is 5. The predicted octanol–water partition coefficient (Wildman–Crippen LogP) is 4.45. The largest absolute Gasteiger partial charge is 0.225 e. The Labute approximate surface area is 91.6 Å². The lowest BCUT2D eigenvalue weighted by Crippen LogP contribution is -1.99. The van der Waals surface area contributed by atoms with Crippen LogP contribution in [0, 0.1) is 0 Å². The quantitative estimate of drug-likeness (QED) is 0.706. The van der Waals surface area contributed by atoms with E-state index in [9.17, 15) is 4.48 Å². The highest BCUT2D eigenvalue weighted by Crippen LogP contribution is 2.26. The lowest BCUT2D eigenvalue weighted by atomic mass is 9.91. The first-order valence-electron chi connectivity index (χ1n) is 5.72. The number of hydrogen-bond acceptors (Lipinski definition) is 1. The third kappa shape index (κ3) is 2.95. The van der Waals surface area contributed by atoms with Crippen LogP contribution < -0.4 is 5.54 Å². The van der Waals surface area contributed by atoms with Crippen molar-refractivity contribution in [1.29, 1.82) is 0 Å². The number of benzene rings is 1. The fraction of sp³-hybridized carbons (Fsp3) is 0.538. The van der Waals surface area contributed by atoms with Crippen molar-refractivity contribution in [3.63, 3.8) is 0 Å². The average Bonchev–Trinajstić information content (AvgIpc) is 2.28. The van der Waals surface area contributed by atoms with Crippen LogP contribution in [0.1, 0.15) is 50.7 Å². The molecule has 2 heteroatoms. The summed E-state index contributed by atoms with van der Waals surface area (Å²) in [6.07, 6.45) is 3.24. The molecule has 0 aromatic heterocycles. The van der Waals surface area contributed by atoms with Crippen molar-refractivity contribution in [3.8, 4) is 0 Å². The van der Waals surface area contributed by atoms with Gasteiger partial charge in [0.25, 0.3) is 0 Å². The van der Waals surface area contributed by atoms with Crippen LogP contribution in [-0.4, -0.2) is 0 Å². The van der Waals surface area contributed by atoms with Crippen molar-refractivity contribution < 1.29 is 4.48 Å². The summed E-state index contributed by atoms with van der Waals surface area (Å²) in [5, 5.41) is 0. The van der Waals surface area contributed by atoms with Crippen LogP contribution in [-0.2, 0) is 6.42 Å². The Morgan fingerprint density at radius 3 is 2.60 bits per heavy atom. The molecular formula is C13H20FN. The third-order valence-corrected chi connectivity index (χ3v) is 2.91. The molecule has 0 radical (unpaired) electrons. The van der Waals surface area contributed by atoms with Crippen LogP contribution in [0.4, 0.5) is 10.2 Å². The number of hydrogen-bond donors (Lipinski definition) is 1. The Balaban J connectivity index is 3.03. The van der Waals surface area contributed by atoms with Crippen molar-refractivity contribution in [3.05, 3.63) is 29.3 Å². The summed E-state index contributed by atoms with van der Waals surface area (Å²) in [4.78, 5) is 0. The van der Waals surface area contributed by atoms with Crippen molar-refractivity contribution >= 4 is 5.69 Å². The smallest absolute Gasteiger partial charge is 0.0658 e. The molecule has 0 saturated carbocycles. The summed E-state index contributed by atoms with van der Waals surface area (Å²) in [5.74, 6) is 0.556. The number of halogens is 1. The Hall–Kier alpha value is -1.05. The van der Waals surface area contributed by atoms with Crippen LogP contribution in [0.5, 0.6) is 0 Å². The molecule has 0 aliphatic rings. The van der Waals surface area contributed by atoms with E-state index in [1.165, 1.54) is 11.1 Å². The van der Waals surface area contributed by atoms with E-state index in [0.717, 1.165) is 19.3 Å². The van der Waals surface area contributed by atoms with Crippen molar-refractivity contribution in [2.45, 2.75) is 46.0 Å². The molecule has 1 atom stereocenters. The molecular weight excluding hydrogens is 189 g/mol. The minimum atomic E-state index is 0.556. The van der Waals surface area contributed by atoms with E-state index in [1.54, 1.807) is 11.6 Å². The maximum atomic E-state index is 12.3. The zero-order valence-electron chi connectivity index (χ0n) is 9.81. The van der Waals surface area contributed by atoms with E-state index < -0.39 is 0 Å². The van der Waals surface area contributed by atoms with E-state index in [1.807, 2.05) is 12.1 Å². The molecule has 0 spiro atoms. The molecule has 1 nitrogen and oxygen atoms in total. The van der Waals surface area contributed by atoms with E-state index >= 15 is 0 Å². The molecule has 0 aliphatic heterocycles. The van der Waals surface area contributed by atoms with Gasteiger partial charge in [0.15, 0.2) is 0 Å². The third-order valence-electron chi connectivity index (χ3n) is 2.91. The maximum Gasteiger partial charge on any atom is 0.0658 e. The first-order chi connectivity index (χ1) is 7.22. The minimum absolute atomic E-state index is 0.556. The molecule has 0 bridgehead atoms. The van der Waals surface area contributed by atoms with Gasteiger partial charge < -0.3 is 0 Å². The van der Waals surface area contributed by atoms with Crippen LogP contribution in [0.15, 0.2) is 18.2 Å². The second-order valence-corrected chi connectivity index (χ2v) is 4.07. The second kappa shape index (κ2) is 5.74. The predicted molar refractivity (Wildman–Crippen MR) is 63.9 cm³/mol. The van der Waals surface area contributed by atoms with Gasteiger partial charge in [-0.25, -0.2) is 5.54 Å². The van der Waals surface area contributed by atoms with Gasteiger partial charge in [0.1, 0.15) is 0 Å². The summed E-state index contributed by atoms with van der Waals surface area (Å²) in [6.45, 7) is 6.55. The fourth-order valence-corrected chi connectivity index (χ4v) is 1.85. The van der Waals surface area contributed by atoms with E-state index in [0.29, 0.717) is 11.6 Å². The molecule has 15 heavy (non-hydrogen) atoms. The highest BCUT2D eigenvalue weighted by Gasteiger charge is 2.09. The van der Waals surface area contributed by atoms with Gasteiger partial charge in [-0.15, -0.1) is 4.48 Å². The summed E-state index contributed by atoms with van der Waals surface area (Å²) in [5.41, 5.74) is 4.90. The molecule has 0 heterocycles. The van der Waals surface area contributed by atoms with Crippen molar-refractivity contribution in [1.82, 2.24) is 0 Å². The molecule has 1 N–H and O–H groups in total. The second-order valence-electron chi connectivity index (χ2n) is 4.07. The average molecular weight is 209 g/mol. The fourth-order valence-electron chi connectivity index (χ4n) is 1.85. The minimum Gasteiger partial charge on any atom is -0.225 e. The SMILES string of the molecule is CCCc1cc(NF)ccc1C(C)CC. The molecule has 0 saturated heterocycles. The molecule has 0 fully saturated rings. The lowest BCUT2D eigenvalue weighted by Gasteiger charge is -2.15. The Morgan fingerprint density at radius 2 is 2.07 bits per heavy atom. The van der Waals surface area contributed by atoms with Gasteiger partial charge in [-0.2, -0.15) is 0 Å². The van der Waals surface area contributed by atoms with E-state index in [-0.39, 0.29) is 0 Å². The number of anilines is 1. The van der Waals surface area contributed by atoms with Crippen LogP contribution in [0.3, 0.4) is 0 Å². The van der Waals surface area contributed by atoms with E-state index in [4.69, 9.17) is 0 Å². The highest BCUT2D eigenvalue weighted by molar-refractivity contribution is 5.48. The van der Waals surface area contributed by atoms with Crippen molar-refractivity contribution in [2.75, 3.05) is 5.54 Å². The summed E-state index contributed by atoms with van der Waals surface area (Å²) in [7, 11) is 0. The first-order valence-corrected chi connectivity index (χ1v) is 5.72. The van der Waals surface area contributed by atoms with Gasteiger partial charge in [-0.3, -0.25) is 0 Å². The Morgan fingerprint density at radius 1 is 1.33 bits per heavy atom. The Bertz CT molecular complexity index is 309. The summed E-state index contributed by atoms with van der Waals surface area (Å²) in [6, 6.07) is 5.77. The summed E-state index contributed by atoms with van der Waals surface area (Å²) >= 11 is 0. The van der Waals surface area contributed by atoms with Gasteiger partial charge >= 0.3 is 0 Å². The van der Waals surface area contributed by atoms with Gasteiger partial charge in [0, 0.05) is 0 Å². The van der Waals surface area contributed by atoms with E-state index in [2.05, 4.69) is 20.8 Å². The number of aryl methyl sites for hydroxylation is 1. The maximum absolute atomic E-state index is 12.3. The monoisotopic (exact) mass is 209 g/mol. The summed E-state index contributed by atoms with van der Waals surface area (Å²) < 4.78 is 12.3. The molecule has 1 aromatic rings. The van der Waals surface area contributed by atoms with Gasteiger partial charge in [0.05, 0.1) is 5.69 Å².